The van der Waals surface area contributed by atoms with Crippen LogP contribution in [0.15, 0.2) is 34.2 Å². The first-order chi connectivity index (χ1) is 7.18. The van der Waals surface area contributed by atoms with Crippen LogP contribution in [0.4, 0.5) is 4.39 Å². The van der Waals surface area contributed by atoms with Crippen LogP contribution in [0.5, 0.6) is 0 Å². The fourth-order valence-corrected chi connectivity index (χ4v) is 2.58. The molecule has 0 aliphatic carbocycles. The van der Waals surface area contributed by atoms with Gasteiger partial charge < -0.3 is 0 Å². The Balaban J connectivity index is 2.37. The van der Waals surface area contributed by atoms with Crippen molar-refractivity contribution in [2.24, 2.45) is 0 Å². The highest BCUT2D eigenvalue weighted by atomic mass is 79.9. The summed E-state index contributed by atoms with van der Waals surface area (Å²) in [5, 5.41) is 1.81. The summed E-state index contributed by atoms with van der Waals surface area (Å²) in [5.41, 5.74) is 0.250. The van der Waals surface area contributed by atoms with Crippen LogP contribution in [0.3, 0.4) is 0 Å². The third kappa shape index (κ3) is 2.13. The van der Waals surface area contributed by atoms with Crippen LogP contribution in [0.25, 0.3) is 0 Å². The minimum atomic E-state index is -0.447. The van der Waals surface area contributed by atoms with Gasteiger partial charge in [0.05, 0.1) is 11.1 Å². The lowest BCUT2D eigenvalue weighted by molar-refractivity contribution is 0.103. The Bertz CT molecular complexity index is 494. The molecule has 15 heavy (non-hydrogen) atoms. The molecule has 2 aromatic heterocycles. The van der Waals surface area contributed by atoms with Gasteiger partial charge in [-0.05, 0) is 39.5 Å². The minimum absolute atomic E-state index is 0.197. The number of carbonyl (C=O) groups excluding carboxylic acids is 1. The molecule has 0 amide bonds. The molecule has 76 valence electrons. The lowest BCUT2D eigenvalue weighted by atomic mass is 10.2. The molecule has 0 atom stereocenters. The highest BCUT2D eigenvalue weighted by molar-refractivity contribution is 9.10. The Morgan fingerprint density at radius 1 is 1.40 bits per heavy atom. The van der Waals surface area contributed by atoms with Crippen LogP contribution in [0.1, 0.15) is 15.4 Å². The molecule has 0 saturated carbocycles. The molecule has 0 bridgehead atoms. The molecule has 2 aromatic rings. The van der Waals surface area contributed by atoms with Gasteiger partial charge in [-0.2, -0.15) is 0 Å². The number of rotatable bonds is 2. The first kappa shape index (κ1) is 10.4. The topological polar surface area (TPSA) is 30.0 Å². The number of pyridine rings is 1. The lowest BCUT2D eigenvalue weighted by Gasteiger charge is -1.97. The van der Waals surface area contributed by atoms with E-state index in [1.54, 1.807) is 11.4 Å². The summed E-state index contributed by atoms with van der Waals surface area (Å²) in [4.78, 5) is 16.1. The fraction of sp³-hybridized carbons (Fsp3) is 0. The summed E-state index contributed by atoms with van der Waals surface area (Å²) in [6.07, 6.45) is 1.04. The minimum Gasteiger partial charge on any atom is -0.286 e. The zero-order valence-corrected chi connectivity index (χ0v) is 9.81. The first-order valence-electron chi connectivity index (χ1n) is 4.08. The van der Waals surface area contributed by atoms with Gasteiger partial charge in [-0.3, -0.25) is 4.79 Å². The van der Waals surface area contributed by atoms with Crippen LogP contribution < -0.4 is 0 Å². The van der Waals surface area contributed by atoms with E-state index in [9.17, 15) is 9.18 Å². The molecule has 0 fully saturated rings. The Kier molecular flexibility index (Phi) is 2.93. The van der Waals surface area contributed by atoms with E-state index < -0.39 is 5.82 Å². The van der Waals surface area contributed by atoms with E-state index in [-0.39, 0.29) is 11.5 Å². The van der Waals surface area contributed by atoms with Gasteiger partial charge in [0.15, 0.2) is 0 Å². The van der Waals surface area contributed by atoms with Crippen LogP contribution in [-0.2, 0) is 0 Å². The fourth-order valence-electron chi connectivity index (χ4n) is 1.08. The van der Waals surface area contributed by atoms with E-state index >= 15 is 0 Å². The normalized spacial score (nSPS) is 10.3. The lowest BCUT2D eigenvalue weighted by Crippen LogP contribution is -2.02. The maximum atomic E-state index is 12.6. The number of ketones is 1. The molecular formula is C10H5BrFNOS. The second-order valence-electron chi connectivity index (χ2n) is 2.79. The zero-order chi connectivity index (χ0) is 10.8. The van der Waals surface area contributed by atoms with Crippen molar-refractivity contribution >= 4 is 33.0 Å². The number of aromatic nitrogens is 1. The van der Waals surface area contributed by atoms with Gasteiger partial charge in [0.25, 0.3) is 0 Å². The maximum Gasteiger partial charge on any atom is 0.222 e. The molecule has 0 spiro atoms. The molecule has 2 nitrogen and oxygen atoms in total. The third-order valence-corrected chi connectivity index (χ3v) is 3.62. The van der Waals surface area contributed by atoms with E-state index in [2.05, 4.69) is 20.9 Å². The monoisotopic (exact) mass is 285 g/mol. The number of hydrogen-bond acceptors (Lipinski definition) is 3. The molecule has 0 N–H and O–H groups in total. The molecule has 0 aliphatic heterocycles. The predicted molar refractivity (Wildman–Crippen MR) is 59.6 cm³/mol. The second kappa shape index (κ2) is 4.20. The molecule has 0 radical (unpaired) electrons. The smallest absolute Gasteiger partial charge is 0.222 e. The van der Waals surface area contributed by atoms with Crippen molar-refractivity contribution < 1.29 is 9.18 Å². The van der Waals surface area contributed by atoms with E-state index in [0.717, 1.165) is 10.7 Å². The highest BCUT2D eigenvalue weighted by Gasteiger charge is 2.14. The number of thiophene rings is 1. The number of halogens is 2. The standard InChI is InChI=1S/C10H5BrFNOS/c11-7-3-4-15-10(7)9(14)8-2-1-6(12)5-13-8/h1-5H. The van der Waals surface area contributed by atoms with Crippen molar-refractivity contribution in [3.8, 4) is 0 Å². The summed E-state index contributed by atoms with van der Waals surface area (Å²) < 4.78 is 13.3. The van der Waals surface area contributed by atoms with E-state index in [1.165, 1.54) is 23.5 Å². The summed E-state index contributed by atoms with van der Waals surface area (Å²) in [5.74, 6) is -0.645. The predicted octanol–water partition coefficient (Wildman–Crippen LogP) is 3.28. The van der Waals surface area contributed by atoms with Gasteiger partial charge in [-0.15, -0.1) is 11.3 Å². The van der Waals surface area contributed by atoms with Crippen molar-refractivity contribution in [2.75, 3.05) is 0 Å². The van der Waals surface area contributed by atoms with Crippen molar-refractivity contribution in [3.63, 3.8) is 0 Å². The summed E-state index contributed by atoms with van der Waals surface area (Å²) in [6, 6.07) is 4.40. The molecule has 2 heterocycles. The van der Waals surface area contributed by atoms with Gasteiger partial charge in [0, 0.05) is 4.47 Å². The Morgan fingerprint density at radius 2 is 2.20 bits per heavy atom. The molecular weight excluding hydrogens is 281 g/mol. The zero-order valence-electron chi connectivity index (χ0n) is 7.41. The highest BCUT2D eigenvalue weighted by Crippen LogP contribution is 2.24. The Morgan fingerprint density at radius 3 is 2.73 bits per heavy atom. The van der Waals surface area contributed by atoms with Crippen molar-refractivity contribution in [3.05, 3.63) is 50.6 Å². The van der Waals surface area contributed by atoms with Crippen LogP contribution in [0, 0.1) is 5.82 Å². The molecule has 0 unspecified atom stereocenters. The van der Waals surface area contributed by atoms with E-state index in [0.29, 0.717) is 4.88 Å². The largest absolute Gasteiger partial charge is 0.286 e. The van der Waals surface area contributed by atoms with Crippen molar-refractivity contribution in [1.82, 2.24) is 4.98 Å². The van der Waals surface area contributed by atoms with Crippen LogP contribution in [0.2, 0.25) is 0 Å². The molecule has 0 aromatic carbocycles. The number of carbonyl (C=O) groups is 1. The van der Waals surface area contributed by atoms with Crippen LogP contribution >= 0.6 is 27.3 Å². The molecule has 0 saturated heterocycles. The Labute approximate surface area is 97.9 Å². The van der Waals surface area contributed by atoms with E-state index in [4.69, 9.17) is 0 Å². The SMILES string of the molecule is O=C(c1ccc(F)cn1)c1sccc1Br. The number of nitrogens with zero attached hydrogens (tertiary/aromatic N) is 1. The molecule has 0 aliphatic rings. The van der Waals surface area contributed by atoms with E-state index in [1.807, 2.05) is 0 Å². The van der Waals surface area contributed by atoms with Gasteiger partial charge >= 0.3 is 0 Å². The van der Waals surface area contributed by atoms with Gasteiger partial charge in [-0.25, -0.2) is 9.37 Å². The van der Waals surface area contributed by atoms with Gasteiger partial charge in [0.2, 0.25) is 5.78 Å². The van der Waals surface area contributed by atoms with Crippen molar-refractivity contribution in [1.29, 1.82) is 0 Å². The quantitative estimate of drug-likeness (QED) is 0.793. The Hall–Kier alpha value is -1.07. The number of hydrogen-bond donors (Lipinski definition) is 0. The van der Waals surface area contributed by atoms with Gasteiger partial charge in [0.1, 0.15) is 11.5 Å². The first-order valence-corrected chi connectivity index (χ1v) is 5.75. The third-order valence-electron chi connectivity index (χ3n) is 1.78. The molecule has 5 heteroatoms. The van der Waals surface area contributed by atoms with Gasteiger partial charge in [-0.1, -0.05) is 0 Å². The van der Waals surface area contributed by atoms with Crippen LogP contribution in [-0.4, -0.2) is 10.8 Å². The summed E-state index contributed by atoms with van der Waals surface area (Å²) >= 11 is 4.59. The maximum absolute atomic E-state index is 12.6. The average Bonchev–Trinajstić information content (AvgIpc) is 2.65. The summed E-state index contributed by atoms with van der Waals surface area (Å²) in [7, 11) is 0. The summed E-state index contributed by atoms with van der Waals surface area (Å²) in [6.45, 7) is 0. The molecule has 2 rings (SSSR count). The average molecular weight is 286 g/mol. The van der Waals surface area contributed by atoms with Crippen molar-refractivity contribution in [2.45, 2.75) is 0 Å². The second-order valence-corrected chi connectivity index (χ2v) is 4.56.